The Labute approximate surface area is 83.4 Å². The summed E-state index contributed by atoms with van der Waals surface area (Å²) in [6, 6.07) is 2.90. The van der Waals surface area contributed by atoms with Crippen molar-refractivity contribution in [1.82, 2.24) is 4.98 Å². The number of hydrogen-bond acceptors (Lipinski definition) is 5. The second-order valence-electron chi connectivity index (χ2n) is 2.49. The standard InChI is InChI=1S/C8H9NO4S/c1-13-8(10)5-6-2-3-9-7(4-6)14(11)12/h2-4H,5H2,1H3,(H,11,12)/p-1. The Morgan fingerprint density at radius 1 is 1.71 bits per heavy atom. The van der Waals surface area contributed by atoms with Crippen LogP contribution >= 0.6 is 0 Å². The molecule has 1 aromatic heterocycles. The smallest absolute Gasteiger partial charge is 0.309 e. The lowest BCUT2D eigenvalue weighted by molar-refractivity contribution is -0.139. The third-order valence-corrected chi connectivity index (χ3v) is 2.11. The number of hydrogen-bond donors (Lipinski definition) is 0. The first-order valence-corrected chi connectivity index (χ1v) is 4.82. The monoisotopic (exact) mass is 214 g/mol. The summed E-state index contributed by atoms with van der Waals surface area (Å²) in [5.74, 6) is -0.418. The molecule has 0 radical (unpaired) electrons. The lowest BCUT2D eigenvalue weighted by atomic mass is 10.2. The zero-order valence-electron chi connectivity index (χ0n) is 7.43. The van der Waals surface area contributed by atoms with Crippen LogP contribution in [0.4, 0.5) is 0 Å². The maximum atomic E-state index is 10.9. The number of aromatic nitrogens is 1. The van der Waals surface area contributed by atoms with Crippen molar-refractivity contribution >= 4 is 17.0 Å². The third kappa shape index (κ3) is 2.90. The van der Waals surface area contributed by atoms with Gasteiger partial charge in [-0.05, 0) is 28.8 Å². The molecule has 0 aromatic carbocycles. The molecule has 0 amide bonds. The van der Waals surface area contributed by atoms with Crippen LogP contribution in [0.2, 0.25) is 0 Å². The molecule has 1 rings (SSSR count). The van der Waals surface area contributed by atoms with Gasteiger partial charge >= 0.3 is 5.97 Å². The van der Waals surface area contributed by atoms with Gasteiger partial charge in [-0.2, -0.15) is 0 Å². The van der Waals surface area contributed by atoms with Gasteiger partial charge in [0.15, 0.2) is 0 Å². The van der Waals surface area contributed by atoms with Crippen LogP contribution in [-0.2, 0) is 27.0 Å². The maximum Gasteiger partial charge on any atom is 0.309 e. The molecule has 0 N–H and O–H groups in total. The maximum absolute atomic E-state index is 10.9. The van der Waals surface area contributed by atoms with Crippen molar-refractivity contribution < 1.29 is 18.3 Å². The minimum Gasteiger partial charge on any atom is -0.767 e. The van der Waals surface area contributed by atoms with Crippen LogP contribution in [0.1, 0.15) is 5.56 Å². The van der Waals surface area contributed by atoms with Gasteiger partial charge < -0.3 is 9.29 Å². The van der Waals surface area contributed by atoms with Gasteiger partial charge in [0.1, 0.15) is 5.03 Å². The molecule has 1 unspecified atom stereocenters. The minimum atomic E-state index is -2.37. The number of rotatable bonds is 3. The van der Waals surface area contributed by atoms with Crippen LogP contribution in [0, 0.1) is 0 Å². The Morgan fingerprint density at radius 3 is 3.00 bits per heavy atom. The summed E-state index contributed by atoms with van der Waals surface area (Å²) in [4.78, 5) is 14.5. The van der Waals surface area contributed by atoms with Gasteiger partial charge in [0.05, 0.1) is 13.5 Å². The van der Waals surface area contributed by atoms with Crippen LogP contribution in [0.15, 0.2) is 23.4 Å². The van der Waals surface area contributed by atoms with Crippen molar-refractivity contribution in [2.75, 3.05) is 7.11 Å². The first-order valence-electron chi connectivity index (χ1n) is 3.74. The molecule has 1 atom stereocenters. The highest BCUT2D eigenvalue weighted by Gasteiger charge is 2.03. The Balaban J connectivity index is 2.83. The molecule has 1 aromatic rings. The number of carbonyl (C=O) groups excluding carboxylic acids is 1. The van der Waals surface area contributed by atoms with E-state index >= 15 is 0 Å². The molecule has 0 aliphatic carbocycles. The van der Waals surface area contributed by atoms with E-state index in [0.29, 0.717) is 5.56 Å². The molecule has 6 heteroatoms. The van der Waals surface area contributed by atoms with Gasteiger partial charge in [-0.1, -0.05) is 0 Å². The highest BCUT2D eigenvalue weighted by molar-refractivity contribution is 7.79. The van der Waals surface area contributed by atoms with Gasteiger partial charge in [-0.15, -0.1) is 0 Å². The molecule has 0 aliphatic rings. The molecule has 1 heterocycles. The zero-order valence-corrected chi connectivity index (χ0v) is 8.24. The largest absolute Gasteiger partial charge is 0.767 e. The lowest BCUT2D eigenvalue weighted by Crippen LogP contribution is -2.05. The van der Waals surface area contributed by atoms with Crippen LogP contribution in [0.25, 0.3) is 0 Å². The van der Waals surface area contributed by atoms with Crippen LogP contribution in [-0.4, -0.2) is 26.8 Å². The van der Waals surface area contributed by atoms with Crippen molar-refractivity contribution in [1.29, 1.82) is 0 Å². The molecule has 0 aliphatic heterocycles. The highest BCUT2D eigenvalue weighted by atomic mass is 32.2. The number of nitrogens with zero attached hydrogens (tertiary/aromatic N) is 1. The quantitative estimate of drug-likeness (QED) is 0.524. The molecular weight excluding hydrogens is 206 g/mol. The average molecular weight is 214 g/mol. The van der Waals surface area contributed by atoms with Crippen molar-refractivity contribution in [3.8, 4) is 0 Å². The van der Waals surface area contributed by atoms with Gasteiger partial charge in [-0.3, -0.25) is 9.00 Å². The molecule has 14 heavy (non-hydrogen) atoms. The number of carbonyl (C=O) groups is 1. The molecule has 0 spiro atoms. The fourth-order valence-corrected chi connectivity index (χ4v) is 1.28. The van der Waals surface area contributed by atoms with E-state index in [4.69, 9.17) is 0 Å². The third-order valence-electron chi connectivity index (χ3n) is 1.55. The average Bonchev–Trinajstić information content (AvgIpc) is 2.18. The Kier molecular flexibility index (Phi) is 3.73. The summed E-state index contributed by atoms with van der Waals surface area (Å²) >= 11 is -2.37. The van der Waals surface area contributed by atoms with E-state index in [1.165, 1.54) is 19.4 Å². The molecule has 0 saturated carbocycles. The second kappa shape index (κ2) is 4.83. The van der Waals surface area contributed by atoms with E-state index in [0.717, 1.165) is 0 Å². The van der Waals surface area contributed by atoms with Crippen molar-refractivity contribution in [3.05, 3.63) is 23.9 Å². The second-order valence-corrected chi connectivity index (χ2v) is 3.38. The topological polar surface area (TPSA) is 79.3 Å². The summed E-state index contributed by atoms with van der Waals surface area (Å²) < 4.78 is 25.5. The van der Waals surface area contributed by atoms with Crippen LogP contribution < -0.4 is 0 Å². The number of methoxy groups -OCH3 is 1. The lowest BCUT2D eigenvalue weighted by Gasteiger charge is -2.05. The summed E-state index contributed by atoms with van der Waals surface area (Å²) in [5.41, 5.74) is 0.561. The SMILES string of the molecule is COC(=O)Cc1ccnc(S(=O)[O-])c1. The molecule has 76 valence electrons. The Morgan fingerprint density at radius 2 is 2.43 bits per heavy atom. The fourth-order valence-electron chi connectivity index (χ4n) is 0.890. The zero-order chi connectivity index (χ0) is 10.6. The Hall–Kier alpha value is -1.27. The number of pyridine rings is 1. The van der Waals surface area contributed by atoms with Gasteiger partial charge in [0.2, 0.25) is 0 Å². The molecule has 0 fully saturated rings. The Bertz CT molecular complexity index is 366. The van der Waals surface area contributed by atoms with Gasteiger partial charge in [0.25, 0.3) is 0 Å². The summed E-state index contributed by atoms with van der Waals surface area (Å²) in [5, 5.41) is -0.0774. The molecule has 0 saturated heterocycles. The van der Waals surface area contributed by atoms with Crippen molar-refractivity contribution in [3.63, 3.8) is 0 Å². The first-order chi connectivity index (χ1) is 6.63. The summed E-state index contributed by atoms with van der Waals surface area (Å²) in [7, 11) is 1.27. The fraction of sp³-hybridized carbons (Fsp3) is 0.250. The van der Waals surface area contributed by atoms with Crippen LogP contribution in [0.5, 0.6) is 0 Å². The molecule has 0 bridgehead atoms. The predicted octanol–water partition coefficient (Wildman–Crippen LogP) is 0.0351. The van der Waals surface area contributed by atoms with E-state index in [1.807, 2.05) is 0 Å². The minimum absolute atomic E-state index is 0.0449. The van der Waals surface area contributed by atoms with E-state index in [-0.39, 0.29) is 11.4 Å². The molecule has 5 nitrogen and oxygen atoms in total. The highest BCUT2D eigenvalue weighted by Crippen LogP contribution is 2.06. The van der Waals surface area contributed by atoms with E-state index < -0.39 is 17.0 Å². The number of esters is 1. The summed E-state index contributed by atoms with van der Waals surface area (Å²) in [6.45, 7) is 0. The normalized spacial score (nSPS) is 12.1. The van der Waals surface area contributed by atoms with Crippen molar-refractivity contribution in [2.45, 2.75) is 11.4 Å². The van der Waals surface area contributed by atoms with Gasteiger partial charge in [-0.25, -0.2) is 4.98 Å². The predicted molar refractivity (Wildman–Crippen MR) is 47.1 cm³/mol. The van der Waals surface area contributed by atoms with E-state index in [2.05, 4.69) is 9.72 Å². The van der Waals surface area contributed by atoms with E-state index in [1.54, 1.807) is 6.07 Å². The number of ether oxygens (including phenoxy) is 1. The summed E-state index contributed by atoms with van der Waals surface area (Å²) in [6.07, 6.45) is 1.38. The van der Waals surface area contributed by atoms with Crippen molar-refractivity contribution in [2.24, 2.45) is 0 Å². The first kappa shape index (κ1) is 10.8. The van der Waals surface area contributed by atoms with Crippen LogP contribution in [0.3, 0.4) is 0 Å². The molecular formula is C8H8NO4S-. The van der Waals surface area contributed by atoms with Gasteiger partial charge in [0, 0.05) is 6.20 Å². The van der Waals surface area contributed by atoms with E-state index in [9.17, 15) is 13.6 Å².